The van der Waals surface area contributed by atoms with Crippen LogP contribution in [0.5, 0.6) is 0 Å². The van der Waals surface area contributed by atoms with Gasteiger partial charge in [0.05, 0.1) is 13.6 Å². The second-order valence-corrected chi connectivity index (χ2v) is 4.11. The highest BCUT2D eigenvalue weighted by Crippen LogP contribution is 2.08. The Bertz CT molecular complexity index is 475. The van der Waals surface area contributed by atoms with Crippen LogP contribution in [0.1, 0.15) is 11.4 Å². The average Bonchev–Trinajstić information content (AvgIpc) is 2.67. The lowest BCUT2D eigenvalue weighted by molar-refractivity contribution is 0.310. The number of nitrogen functional groups attached to an aromatic ring is 1. The van der Waals surface area contributed by atoms with E-state index in [0.29, 0.717) is 6.54 Å². The quantitative estimate of drug-likeness (QED) is 0.774. The highest BCUT2D eigenvalue weighted by molar-refractivity contribution is 5.39. The van der Waals surface area contributed by atoms with Crippen LogP contribution < -0.4 is 5.73 Å². The first-order valence-corrected chi connectivity index (χ1v) is 5.39. The Morgan fingerprint density at radius 3 is 2.53 bits per heavy atom. The topological polar surface area (TPSA) is 72.9 Å². The largest absolute Gasteiger partial charge is 0.399 e. The molecule has 1 heterocycles. The summed E-state index contributed by atoms with van der Waals surface area (Å²) < 4.78 is 0. The summed E-state index contributed by atoms with van der Waals surface area (Å²) in [4.78, 5) is 3.59. The molecule has 0 radical (unpaired) electrons. The molecule has 0 aliphatic rings. The summed E-state index contributed by atoms with van der Waals surface area (Å²) >= 11 is 0. The van der Waals surface area contributed by atoms with Crippen molar-refractivity contribution in [3.05, 3.63) is 35.7 Å². The lowest BCUT2D eigenvalue weighted by Gasteiger charge is -2.14. The maximum absolute atomic E-state index is 5.64. The van der Waals surface area contributed by atoms with E-state index in [4.69, 9.17) is 5.73 Å². The summed E-state index contributed by atoms with van der Waals surface area (Å²) in [6.45, 7) is 1.51. The molecule has 0 aliphatic heterocycles. The van der Waals surface area contributed by atoms with Gasteiger partial charge in [-0.3, -0.25) is 4.90 Å². The molecule has 0 saturated heterocycles. The number of nitrogens with two attached hydrogens (primary N) is 1. The molecule has 90 valence electrons. The van der Waals surface area contributed by atoms with Crippen LogP contribution in [0.2, 0.25) is 0 Å². The molecule has 2 aromatic rings. The van der Waals surface area contributed by atoms with Gasteiger partial charge >= 0.3 is 0 Å². The summed E-state index contributed by atoms with van der Waals surface area (Å²) in [5.41, 5.74) is 7.64. The number of aryl methyl sites for hydroxylation is 1. The zero-order valence-electron chi connectivity index (χ0n) is 10.0. The van der Waals surface area contributed by atoms with Gasteiger partial charge in [0.15, 0.2) is 5.82 Å². The third kappa shape index (κ3) is 3.25. The van der Waals surface area contributed by atoms with Crippen molar-refractivity contribution in [3.8, 4) is 0 Å². The average molecular weight is 232 g/mol. The zero-order valence-corrected chi connectivity index (χ0v) is 10.0. The zero-order chi connectivity index (χ0) is 12.3. The molecule has 0 aliphatic carbocycles. The van der Waals surface area contributed by atoms with E-state index in [1.54, 1.807) is 7.05 Å². The number of rotatable bonds is 4. The van der Waals surface area contributed by atoms with Gasteiger partial charge in [-0.05, 0) is 30.0 Å². The Hall–Kier alpha value is -1.95. The van der Waals surface area contributed by atoms with Gasteiger partial charge in [0.25, 0.3) is 0 Å². The number of benzene rings is 1. The third-order valence-corrected chi connectivity index (χ3v) is 2.39. The monoisotopic (exact) mass is 232 g/mol. The minimum absolute atomic E-state index is 0.679. The van der Waals surface area contributed by atoms with E-state index < -0.39 is 0 Å². The number of aromatic nitrogens is 4. The predicted molar refractivity (Wildman–Crippen MR) is 64.8 cm³/mol. The molecule has 0 spiro atoms. The van der Waals surface area contributed by atoms with Crippen molar-refractivity contribution in [2.45, 2.75) is 13.1 Å². The Morgan fingerprint density at radius 1 is 1.24 bits per heavy atom. The lowest BCUT2D eigenvalue weighted by Crippen LogP contribution is -2.18. The maximum Gasteiger partial charge on any atom is 0.188 e. The normalized spacial score (nSPS) is 11.0. The number of hydrogen-bond donors (Lipinski definition) is 1. The first-order chi connectivity index (χ1) is 8.13. The van der Waals surface area contributed by atoms with Crippen molar-refractivity contribution < 1.29 is 0 Å². The highest BCUT2D eigenvalue weighted by atomic mass is 15.6. The van der Waals surface area contributed by atoms with E-state index in [1.165, 1.54) is 10.4 Å². The third-order valence-electron chi connectivity index (χ3n) is 2.39. The number of nitrogens with zero attached hydrogens (tertiary/aromatic N) is 5. The standard InChI is InChI=1S/C11H16N6/c1-16(8-11-13-15-17(2)14-11)7-9-3-5-10(12)6-4-9/h3-6H,7-8,12H2,1-2H3. The molecule has 6 heteroatoms. The van der Waals surface area contributed by atoms with Gasteiger partial charge in [0, 0.05) is 12.2 Å². The van der Waals surface area contributed by atoms with Crippen molar-refractivity contribution >= 4 is 5.69 Å². The fourth-order valence-electron chi connectivity index (χ4n) is 1.62. The molecule has 1 aromatic carbocycles. The van der Waals surface area contributed by atoms with Gasteiger partial charge in [-0.15, -0.1) is 10.2 Å². The van der Waals surface area contributed by atoms with Crippen molar-refractivity contribution in [1.82, 2.24) is 25.1 Å². The van der Waals surface area contributed by atoms with Crippen LogP contribution in [-0.2, 0) is 20.1 Å². The van der Waals surface area contributed by atoms with Crippen LogP contribution in [0.25, 0.3) is 0 Å². The predicted octanol–water partition coefficient (Wildman–Crippen LogP) is 0.424. The van der Waals surface area contributed by atoms with E-state index in [9.17, 15) is 0 Å². The van der Waals surface area contributed by atoms with Crippen LogP contribution in [0, 0.1) is 0 Å². The molecule has 0 unspecified atom stereocenters. The van der Waals surface area contributed by atoms with Gasteiger partial charge < -0.3 is 5.73 Å². The minimum Gasteiger partial charge on any atom is -0.399 e. The second kappa shape index (κ2) is 4.92. The molecule has 2 rings (SSSR count). The van der Waals surface area contributed by atoms with E-state index >= 15 is 0 Å². The van der Waals surface area contributed by atoms with E-state index in [-0.39, 0.29) is 0 Å². The van der Waals surface area contributed by atoms with Gasteiger partial charge in [0.2, 0.25) is 0 Å². The Kier molecular flexibility index (Phi) is 3.34. The van der Waals surface area contributed by atoms with Gasteiger partial charge in [0.1, 0.15) is 0 Å². The smallest absolute Gasteiger partial charge is 0.188 e. The SMILES string of the molecule is CN(Cc1ccc(N)cc1)Cc1nnn(C)n1. The molecular weight excluding hydrogens is 216 g/mol. The molecule has 0 saturated carbocycles. The molecule has 0 fully saturated rings. The molecule has 0 bridgehead atoms. The fourth-order valence-corrected chi connectivity index (χ4v) is 1.62. The van der Waals surface area contributed by atoms with Gasteiger partial charge in [-0.25, -0.2) is 0 Å². The Balaban J connectivity index is 1.93. The van der Waals surface area contributed by atoms with Crippen LogP contribution >= 0.6 is 0 Å². The number of anilines is 1. The summed E-state index contributed by atoms with van der Waals surface area (Å²) in [6.07, 6.45) is 0. The van der Waals surface area contributed by atoms with Gasteiger partial charge in [-0.2, -0.15) is 4.80 Å². The summed E-state index contributed by atoms with van der Waals surface area (Å²) in [5.74, 6) is 0.727. The highest BCUT2D eigenvalue weighted by Gasteiger charge is 2.05. The molecule has 6 nitrogen and oxygen atoms in total. The molecule has 1 aromatic heterocycles. The summed E-state index contributed by atoms with van der Waals surface area (Å²) in [5, 5.41) is 11.9. The summed E-state index contributed by atoms with van der Waals surface area (Å²) in [6, 6.07) is 7.86. The first-order valence-electron chi connectivity index (χ1n) is 5.39. The van der Waals surface area contributed by atoms with E-state index in [2.05, 4.69) is 20.3 Å². The Morgan fingerprint density at radius 2 is 1.94 bits per heavy atom. The van der Waals surface area contributed by atoms with Crippen molar-refractivity contribution in [3.63, 3.8) is 0 Å². The Labute approximate surface area is 100 Å². The van der Waals surface area contributed by atoms with Crippen molar-refractivity contribution in [1.29, 1.82) is 0 Å². The molecule has 2 N–H and O–H groups in total. The van der Waals surface area contributed by atoms with Crippen LogP contribution in [0.4, 0.5) is 5.69 Å². The van der Waals surface area contributed by atoms with Crippen LogP contribution in [0.3, 0.4) is 0 Å². The van der Waals surface area contributed by atoms with Crippen LogP contribution in [0.15, 0.2) is 24.3 Å². The number of tetrazole rings is 1. The minimum atomic E-state index is 0.679. The first kappa shape index (κ1) is 11.5. The maximum atomic E-state index is 5.64. The molecule has 17 heavy (non-hydrogen) atoms. The van der Waals surface area contributed by atoms with E-state index in [0.717, 1.165) is 18.1 Å². The second-order valence-electron chi connectivity index (χ2n) is 4.11. The van der Waals surface area contributed by atoms with Crippen molar-refractivity contribution in [2.24, 2.45) is 7.05 Å². The van der Waals surface area contributed by atoms with Crippen LogP contribution in [-0.4, -0.2) is 32.2 Å². The van der Waals surface area contributed by atoms with Gasteiger partial charge in [-0.1, -0.05) is 12.1 Å². The van der Waals surface area contributed by atoms with Crippen molar-refractivity contribution in [2.75, 3.05) is 12.8 Å². The molecule has 0 amide bonds. The summed E-state index contributed by atoms with van der Waals surface area (Å²) in [7, 11) is 3.78. The molecular formula is C11H16N6. The lowest BCUT2D eigenvalue weighted by atomic mass is 10.2. The number of hydrogen-bond acceptors (Lipinski definition) is 5. The fraction of sp³-hybridized carbons (Fsp3) is 0.364. The molecule has 0 atom stereocenters. The van der Waals surface area contributed by atoms with E-state index in [1.807, 2.05) is 31.3 Å².